The van der Waals surface area contributed by atoms with Crippen LogP contribution in [0.1, 0.15) is 10.5 Å². The molecule has 2 heterocycles. The number of pyridine rings is 1. The highest BCUT2D eigenvalue weighted by Crippen LogP contribution is 2.18. The number of hydrogen-bond acceptors (Lipinski definition) is 4. The molecule has 0 aliphatic heterocycles. The molecule has 0 saturated heterocycles. The molecule has 2 N–H and O–H groups in total. The minimum absolute atomic E-state index is 0.113. The van der Waals surface area contributed by atoms with Gasteiger partial charge in [0.05, 0.1) is 4.47 Å². The third-order valence-corrected chi connectivity index (χ3v) is 2.54. The van der Waals surface area contributed by atoms with Crippen LogP contribution >= 0.6 is 15.9 Å². The van der Waals surface area contributed by atoms with Gasteiger partial charge < -0.3 is 5.32 Å². The summed E-state index contributed by atoms with van der Waals surface area (Å²) in [7, 11) is 0. The predicted octanol–water partition coefficient (Wildman–Crippen LogP) is 1.18. The second-order valence-electron chi connectivity index (χ2n) is 3.09. The number of aromatic amines is 1. The third-order valence-electron chi connectivity index (χ3n) is 1.90. The topological polar surface area (TPSA) is 87.7 Å². The first kappa shape index (κ1) is 11.5. The molecule has 0 aromatic carbocycles. The van der Waals surface area contributed by atoms with Crippen molar-refractivity contribution in [3.63, 3.8) is 0 Å². The maximum Gasteiger partial charge on any atom is 0.277 e. The summed E-state index contributed by atoms with van der Waals surface area (Å²) in [5.74, 6) is -0.0499. The molecule has 0 saturated carbocycles. The van der Waals surface area contributed by atoms with E-state index in [1.165, 1.54) is 12.1 Å². The van der Waals surface area contributed by atoms with Gasteiger partial charge in [-0.15, -0.1) is 0 Å². The lowest BCUT2D eigenvalue weighted by molar-refractivity contribution is 0.102. The van der Waals surface area contributed by atoms with E-state index in [0.29, 0.717) is 10.3 Å². The Morgan fingerprint density at radius 1 is 1.35 bits per heavy atom. The molecular formula is C10H7BrN4O2. The average molecular weight is 295 g/mol. The summed E-state index contributed by atoms with van der Waals surface area (Å²) in [4.78, 5) is 26.5. The van der Waals surface area contributed by atoms with Crippen molar-refractivity contribution in [3.8, 4) is 0 Å². The lowest BCUT2D eigenvalue weighted by atomic mass is 10.3. The van der Waals surface area contributed by atoms with Crippen LogP contribution in [0.15, 0.2) is 39.7 Å². The Morgan fingerprint density at radius 3 is 2.82 bits per heavy atom. The Balaban J connectivity index is 2.20. The predicted molar refractivity (Wildman–Crippen MR) is 64.7 cm³/mol. The zero-order valence-corrected chi connectivity index (χ0v) is 10.1. The number of nitrogens with one attached hydrogen (secondary N) is 2. The van der Waals surface area contributed by atoms with Gasteiger partial charge in [-0.3, -0.25) is 9.59 Å². The van der Waals surface area contributed by atoms with E-state index < -0.39 is 5.91 Å². The summed E-state index contributed by atoms with van der Waals surface area (Å²) in [6, 6.07) is 6.06. The van der Waals surface area contributed by atoms with Crippen molar-refractivity contribution in [1.82, 2.24) is 15.2 Å². The fourth-order valence-electron chi connectivity index (χ4n) is 1.12. The standard InChI is InChI=1S/C10H7BrN4O2/c11-6-2-1-5-12-9(6)13-10(17)7-3-4-8(16)15-14-7/h1-5H,(H,15,16)(H,12,13,17). The Bertz CT molecular complexity index is 591. The summed E-state index contributed by atoms with van der Waals surface area (Å²) >= 11 is 3.25. The number of nitrogens with zero attached hydrogens (tertiary/aromatic N) is 2. The molecule has 2 rings (SSSR count). The van der Waals surface area contributed by atoms with Crippen molar-refractivity contribution in [2.75, 3.05) is 5.32 Å². The van der Waals surface area contributed by atoms with E-state index in [0.717, 1.165) is 0 Å². The molecule has 0 spiro atoms. The maximum atomic E-state index is 11.7. The number of carbonyl (C=O) groups is 1. The SMILES string of the molecule is O=C(Nc1ncccc1Br)c1ccc(=O)[nH]n1. The van der Waals surface area contributed by atoms with Crippen LogP contribution in [0.3, 0.4) is 0 Å². The average Bonchev–Trinajstić information content (AvgIpc) is 2.33. The van der Waals surface area contributed by atoms with E-state index in [1.807, 2.05) is 0 Å². The highest BCUT2D eigenvalue weighted by Gasteiger charge is 2.10. The van der Waals surface area contributed by atoms with Crippen LogP contribution in [0.2, 0.25) is 0 Å². The van der Waals surface area contributed by atoms with Crippen LogP contribution in [0.4, 0.5) is 5.82 Å². The fourth-order valence-corrected chi connectivity index (χ4v) is 1.47. The van der Waals surface area contributed by atoms with Gasteiger partial charge in [-0.2, -0.15) is 5.10 Å². The number of anilines is 1. The van der Waals surface area contributed by atoms with Gasteiger partial charge in [-0.25, -0.2) is 10.1 Å². The molecular weight excluding hydrogens is 288 g/mol. The Kier molecular flexibility index (Phi) is 3.29. The highest BCUT2D eigenvalue weighted by molar-refractivity contribution is 9.10. The molecule has 86 valence electrons. The van der Waals surface area contributed by atoms with Gasteiger partial charge in [0.2, 0.25) is 0 Å². The summed E-state index contributed by atoms with van der Waals surface area (Å²) in [5.41, 5.74) is -0.247. The summed E-state index contributed by atoms with van der Waals surface area (Å²) in [6.07, 6.45) is 1.56. The van der Waals surface area contributed by atoms with Gasteiger partial charge in [-0.1, -0.05) is 0 Å². The van der Waals surface area contributed by atoms with Gasteiger partial charge in [0, 0.05) is 12.3 Å². The van der Waals surface area contributed by atoms with E-state index >= 15 is 0 Å². The number of hydrogen-bond donors (Lipinski definition) is 2. The van der Waals surface area contributed by atoms with Crippen LogP contribution in [-0.2, 0) is 0 Å². The molecule has 0 fully saturated rings. The van der Waals surface area contributed by atoms with Crippen LogP contribution in [-0.4, -0.2) is 21.1 Å². The highest BCUT2D eigenvalue weighted by atomic mass is 79.9. The molecule has 7 heteroatoms. The molecule has 0 radical (unpaired) electrons. The first-order chi connectivity index (χ1) is 8.16. The molecule has 0 atom stereocenters. The van der Waals surface area contributed by atoms with Crippen LogP contribution in [0.25, 0.3) is 0 Å². The summed E-state index contributed by atoms with van der Waals surface area (Å²) < 4.78 is 0.665. The molecule has 0 unspecified atom stereocenters. The fraction of sp³-hybridized carbons (Fsp3) is 0. The molecule has 0 aliphatic carbocycles. The molecule has 0 aliphatic rings. The third kappa shape index (κ3) is 2.76. The van der Waals surface area contributed by atoms with Crippen molar-refractivity contribution >= 4 is 27.7 Å². The normalized spacial score (nSPS) is 9.94. The number of H-pyrrole nitrogens is 1. The van der Waals surface area contributed by atoms with Gasteiger partial charge in [0.1, 0.15) is 11.5 Å². The molecule has 17 heavy (non-hydrogen) atoms. The first-order valence-corrected chi connectivity index (χ1v) is 5.44. The quantitative estimate of drug-likeness (QED) is 0.871. The van der Waals surface area contributed by atoms with E-state index in [1.54, 1.807) is 18.3 Å². The Morgan fingerprint density at radius 2 is 2.18 bits per heavy atom. The molecule has 2 aromatic rings. The monoisotopic (exact) mass is 294 g/mol. The number of amides is 1. The minimum Gasteiger partial charge on any atom is -0.304 e. The maximum absolute atomic E-state index is 11.7. The van der Waals surface area contributed by atoms with Gasteiger partial charge in [0.15, 0.2) is 0 Å². The number of aromatic nitrogens is 3. The largest absolute Gasteiger partial charge is 0.304 e. The second kappa shape index (κ2) is 4.88. The van der Waals surface area contributed by atoms with Crippen molar-refractivity contribution in [2.45, 2.75) is 0 Å². The van der Waals surface area contributed by atoms with Gasteiger partial charge >= 0.3 is 0 Å². The Labute approximate surface area is 104 Å². The van der Waals surface area contributed by atoms with Crippen LogP contribution in [0.5, 0.6) is 0 Å². The van der Waals surface area contributed by atoms with Crippen molar-refractivity contribution < 1.29 is 4.79 Å². The Hall–Kier alpha value is -2.02. The first-order valence-electron chi connectivity index (χ1n) is 4.64. The van der Waals surface area contributed by atoms with Crippen LogP contribution in [0, 0.1) is 0 Å². The summed E-state index contributed by atoms with van der Waals surface area (Å²) in [5, 5.41) is 8.36. The lowest BCUT2D eigenvalue weighted by Crippen LogP contribution is -2.18. The molecule has 1 amide bonds. The zero-order valence-electron chi connectivity index (χ0n) is 8.48. The van der Waals surface area contributed by atoms with Crippen molar-refractivity contribution in [3.05, 3.63) is 51.0 Å². The van der Waals surface area contributed by atoms with Crippen molar-refractivity contribution in [2.24, 2.45) is 0 Å². The second-order valence-corrected chi connectivity index (χ2v) is 3.95. The van der Waals surface area contributed by atoms with E-state index in [2.05, 4.69) is 36.4 Å². The van der Waals surface area contributed by atoms with Gasteiger partial charge in [-0.05, 0) is 34.1 Å². The number of carbonyl (C=O) groups excluding carboxylic acids is 1. The van der Waals surface area contributed by atoms with Crippen LogP contribution < -0.4 is 10.9 Å². The minimum atomic E-state index is -0.444. The van der Waals surface area contributed by atoms with E-state index in [9.17, 15) is 9.59 Å². The number of rotatable bonds is 2. The molecule has 2 aromatic heterocycles. The van der Waals surface area contributed by atoms with Crippen molar-refractivity contribution in [1.29, 1.82) is 0 Å². The molecule has 0 bridgehead atoms. The molecule has 6 nitrogen and oxygen atoms in total. The van der Waals surface area contributed by atoms with E-state index in [4.69, 9.17) is 0 Å². The lowest BCUT2D eigenvalue weighted by Gasteiger charge is -2.04. The number of halogens is 1. The van der Waals surface area contributed by atoms with Gasteiger partial charge in [0.25, 0.3) is 11.5 Å². The zero-order chi connectivity index (χ0) is 12.3. The van der Waals surface area contributed by atoms with E-state index in [-0.39, 0.29) is 11.3 Å². The summed E-state index contributed by atoms with van der Waals surface area (Å²) in [6.45, 7) is 0. The smallest absolute Gasteiger partial charge is 0.277 e.